The molecule has 2 N–H and O–H groups in total. The zero-order valence-corrected chi connectivity index (χ0v) is 7.99. The SMILES string of the molecule is Oc1ccccc1-c1nnnc2n[nH]nc12. The molecule has 0 aliphatic rings. The lowest BCUT2D eigenvalue weighted by Gasteiger charge is -2.01. The second-order valence-electron chi connectivity index (χ2n) is 3.15. The molecule has 2 heterocycles. The Balaban J connectivity index is 2.34. The van der Waals surface area contributed by atoms with Crippen LogP contribution in [0.3, 0.4) is 0 Å². The predicted molar refractivity (Wildman–Crippen MR) is 54.4 cm³/mol. The molecule has 7 heteroatoms. The number of phenolic OH excluding ortho intramolecular Hbond substituents is 1. The molecule has 0 saturated heterocycles. The maximum absolute atomic E-state index is 9.71. The molecule has 7 nitrogen and oxygen atoms in total. The Labute approximate surface area is 89.1 Å². The highest BCUT2D eigenvalue weighted by Gasteiger charge is 2.13. The van der Waals surface area contributed by atoms with Gasteiger partial charge in [-0.1, -0.05) is 12.1 Å². The van der Waals surface area contributed by atoms with Crippen LogP contribution in [0.25, 0.3) is 22.4 Å². The molecule has 78 valence electrons. The molecule has 2 aromatic heterocycles. The van der Waals surface area contributed by atoms with Crippen LogP contribution in [-0.2, 0) is 0 Å². The zero-order valence-electron chi connectivity index (χ0n) is 7.99. The molecule has 0 atom stereocenters. The van der Waals surface area contributed by atoms with Crippen molar-refractivity contribution in [2.75, 3.05) is 0 Å². The van der Waals surface area contributed by atoms with E-state index in [0.29, 0.717) is 22.4 Å². The third kappa shape index (κ3) is 1.18. The molecule has 0 spiro atoms. The maximum Gasteiger partial charge on any atom is 0.227 e. The van der Waals surface area contributed by atoms with Crippen LogP contribution in [0.15, 0.2) is 24.3 Å². The first-order valence-electron chi connectivity index (χ1n) is 4.54. The molecule has 0 aliphatic carbocycles. The Hall–Kier alpha value is -2.57. The first-order valence-corrected chi connectivity index (χ1v) is 4.54. The van der Waals surface area contributed by atoms with Crippen LogP contribution in [0.5, 0.6) is 5.75 Å². The number of nitrogens with zero attached hydrogens (tertiary/aromatic N) is 5. The average Bonchev–Trinajstić information content (AvgIpc) is 2.77. The number of nitrogens with one attached hydrogen (secondary N) is 1. The van der Waals surface area contributed by atoms with E-state index in [4.69, 9.17) is 0 Å². The van der Waals surface area contributed by atoms with Gasteiger partial charge >= 0.3 is 0 Å². The number of hydrogen-bond acceptors (Lipinski definition) is 6. The van der Waals surface area contributed by atoms with Crippen molar-refractivity contribution in [2.45, 2.75) is 0 Å². The van der Waals surface area contributed by atoms with E-state index in [0.717, 1.165) is 0 Å². The number of H-pyrrole nitrogens is 1. The van der Waals surface area contributed by atoms with Gasteiger partial charge < -0.3 is 5.11 Å². The summed E-state index contributed by atoms with van der Waals surface area (Å²) in [5, 5.41) is 31.0. The number of aromatic nitrogens is 6. The number of benzene rings is 1. The van der Waals surface area contributed by atoms with Crippen LogP contribution in [-0.4, -0.2) is 35.9 Å². The van der Waals surface area contributed by atoms with E-state index in [1.54, 1.807) is 24.3 Å². The van der Waals surface area contributed by atoms with Crippen molar-refractivity contribution < 1.29 is 5.11 Å². The molecule has 0 unspecified atom stereocenters. The van der Waals surface area contributed by atoms with Crippen LogP contribution in [0, 0.1) is 0 Å². The second-order valence-corrected chi connectivity index (χ2v) is 3.15. The first-order chi connectivity index (χ1) is 7.86. The zero-order chi connectivity index (χ0) is 11.0. The highest BCUT2D eigenvalue weighted by Crippen LogP contribution is 2.29. The Morgan fingerprint density at radius 2 is 1.94 bits per heavy atom. The molecule has 0 radical (unpaired) electrons. The van der Waals surface area contributed by atoms with Gasteiger partial charge in [0.15, 0.2) is 5.52 Å². The van der Waals surface area contributed by atoms with Gasteiger partial charge in [-0.2, -0.15) is 10.3 Å². The standard InChI is InChI=1S/C9H6N6O/c16-6-4-2-1-3-5(6)7-8-9(12-14-10-7)13-15-11-8/h1-4,16H,(H,10,11,12,13,15). The molecule has 3 aromatic rings. The van der Waals surface area contributed by atoms with Gasteiger partial charge in [0.25, 0.3) is 0 Å². The maximum atomic E-state index is 9.71. The van der Waals surface area contributed by atoms with Crippen molar-refractivity contribution in [2.24, 2.45) is 0 Å². The van der Waals surface area contributed by atoms with E-state index in [1.165, 1.54) is 0 Å². The highest BCUT2D eigenvalue weighted by molar-refractivity contribution is 5.87. The van der Waals surface area contributed by atoms with Gasteiger partial charge in [0, 0.05) is 5.56 Å². The summed E-state index contributed by atoms with van der Waals surface area (Å²) in [7, 11) is 0. The number of fused-ring (bicyclic) bond motifs is 1. The van der Waals surface area contributed by atoms with Crippen LogP contribution in [0.1, 0.15) is 0 Å². The summed E-state index contributed by atoms with van der Waals surface area (Å²) in [5.41, 5.74) is 1.86. The van der Waals surface area contributed by atoms with Gasteiger partial charge in [0.2, 0.25) is 5.65 Å². The summed E-state index contributed by atoms with van der Waals surface area (Å²) < 4.78 is 0. The largest absolute Gasteiger partial charge is 0.507 e. The van der Waals surface area contributed by atoms with E-state index in [-0.39, 0.29) is 5.75 Å². The quantitative estimate of drug-likeness (QED) is 0.612. The van der Waals surface area contributed by atoms with Gasteiger partial charge in [-0.05, 0) is 17.3 Å². The number of para-hydroxylation sites is 1. The molecule has 0 aliphatic heterocycles. The minimum atomic E-state index is 0.118. The molecule has 0 saturated carbocycles. The number of phenols is 1. The smallest absolute Gasteiger partial charge is 0.227 e. The number of aromatic hydroxyl groups is 1. The fourth-order valence-corrected chi connectivity index (χ4v) is 1.47. The Bertz CT molecular complexity index is 649. The van der Waals surface area contributed by atoms with Crippen molar-refractivity contribution >= 4 is 11.2 Å². The van der Waals surface area contributed by atoms with E-state index < -0.39 is 0 Å². The Morgan fingerprint density at radius 3 is 2.81 bits per heavy atom. The van der Waals surface area contributed by atoms with Gasteiger partial charge in [-0.3, -0.25) is 0 Å². The van der Waals surface area contributed by atoms with Gasteiger partial charge in [-0.15, -0.1) is 15.3 Å². The minimum Gasteiger partial charge on any atom is -0.507 e. The van der Waals surface area contributed by atoms with E-state index in [9.17, 15) is 5.11 Å². The first kappa shape index (κ1) is 8.72. The number of hydrogen-bond donors (Lipinski definition) is 2. The summed E-state index contributed by atoms with van der Waals surface area (Å²) in [6.07, 6.45) is 0. The molecular weight excluding hydrogens is 208 g/mol. The number of rotatable bonds is 1. The van der Waals surface area contributed by atoms with Crippen molar-refractivity contribution in [3.05, 3.63) is 24.3 Å². The van der Waals surface area contributed by atoms with E-state index in [2.05, 4.69) is 30.8 Å². The van der Waals surface area contributed by atoms with Crippen LogP contribution in [0.2, 0.25) is 0 Å². The third-order valence-electron chi connectivity index (χ3n) is 2.20. The van der Waals surface area contributed by atoms with Crippen molar-refractivity contribution in [1.29, 1.82) is 0 Å². The summed E-state index contributed by atoms with van der Waals surface area (Å²) in [5.74, 6) is 0.118. The third-order valence-corrected chi connectivity index (χ3v) is 2.20. The topological polar surface area (TPSA) is 100 Å². The van der Waals surface area contributed by atoms with E-state index in [1.807, 2.05) is 0 Å². The van der Waals surface area contributed by atoms with Gasteiger partial charge in [0.05, 0.1) is 0 Å². The Morgan fingerprint density at radius 1 is 1.06 bits per heavy atom. The van der Waals surface area contributed by atoms with Crippen molar-refractivity contribution in [3.63, 3.8) is 0 Å². The molecular formula is C9H6N6O. The van der Waals surface area contributed by atoms with Gasteiger partial charge in [-0.25, -0.2) is 0 Å². The van der Waals surface area contributed by atoms with Crippen LogP contribution >= 0.6 is 0 Å². The van der Waals surface area contributed by atoms with Crippen molar-refractivity contribution in [1.82, 2.24) is 30.8 Å². The lowest BCUT2D eigenvalue weighted by Crippen LogP contribution is -1.93. The molecule has 16 heavy (non-hydrogen) atoms. The van der Waals surface area contributed by atoms with Crippen LogP contribution in [0.4, 0.5) is 0 Å². The fourth-order valence-electron chi connectivity index (χ4n) is 1.47. The van der Waals surface area contributed by atoms with Gasteiger partial charge in [0.1, 0.15) is 11.4 Å². The summed E-state index contributed by atoms with van der Waals surface area (Å²) >= 11 is 0. The molecule has 1 aromatic carbocycles. The van der Waals surface area contributed by atoms with E-state index >= 15 is 0 Å². The number of aromatic amines is 1. The van der Waals surface area contributed by atoms with Crippen LogP contribution < -0.4 is 0 Å². The summed E-state index contributed by atoms with van der Waals surface area (Å²) in [6, 6.07) is 6.83. The van der Waals surface area contributed by atoms with Crippen molar-refractivity contribution in [3.8, 4) is 17.0 Å². The monoisotopic (exact) mass is 214 g/mol. The molecule has 0 bridgehead atoms. The fraction of sp³-hybridized carbons (Fsp3) is 0. The average molecular weight is 214 g/mol. The lowest BCUT2D eigenvalue weighted by molar-refractivity contribution is 0.477. The minimum absolute atomic E-state index is 0.118. The highest BCUT2D eigenvalue weighted by atomic mass is 16.3. The summed E-state index contributed by atoms with van der Waals surface area (Å²) in [6.45, 7) is 0. The lowest BCUT2D eigenvalue weighted by atomic mass is 10.1. The second kappa shape index (κ2) is 3.23. The normalized spacial score (nSPS) is 10.8. The predicted octanol–water partition coefficient (Wildman–Crippen LogP) is 0.516. The molecule has 0 fully saturated rings. The molecule has 3 rings (SSSR count). The Kier molecular flexibility index (Phi) is 1.76. The summed E-state index contributed by atoms with van der Waals surface area (Å²) in [4.78, 5) is 0. The molecule has 0 amide bonds.